The van der Waals surface area contributed by atoms with Crippen LogP contribution in [0.2, 0.25) is 0 Å². The Labute approximate surface area is 104 Å². The summed E-state index contributed by atoms with van der Waals surface area (Å²) >= 11 is 1.24. The summed E-state index contributed by atoms with van der Waals surface area (Å²) in [6.45, 7) is 0.154. The van der Waals surface area contributed by atoms with Crippen molar-refractivity contribution >= 4 is 11.8 Å². The maximum absolute atomic E-state index is 12.7. The molecule has 0 radical (unpaired) electrons. The first-order chi connectivity index (χ1) is 8.04. The minimum atomic E-state index is -5.40. The van der Waals surface area contributed by atoms with Gasteiger partial charge in [0, 0.05) is 4.90 Å². The van der Waals surface area contributed by atoms with E-state index in [9.17, 15) is 26.3 Å². The van der Waals surface area contributed by atoms with Crippen LogP contribution in [0.25, 0.3) is 0 Å². The second-order valence-electron chi connectivity index (χ2n) is 3.85. The molecule has 1 rings (SSSR count). The van der Waals surface area contributed by atoms with Crippen LogP contribution in [-0.4, -0.2) is 18.6 Å². The summed E-state index contributed by atoms with van der Waals surface area (Å²) in [5.74, 6) is 0. The van der Waals surface area contributed by atoms with E-state index in [1.807, 2.05) is 0 Å². The molecule has 0 unspecified atom stereocenters. The van der Waals surface area contributed by atoms with Gasteiger partial charge in [-0.1, -0.05) is 12.1 Å². The topological polar surface area (TPSA) is 0 Å². The second kappa shape index (κ2) is 4.68. The molecule has 0 aliphatic rings. The van der Waals surface area contributed by atoms with E-state index in [0.717, 1.165) is 12.1 Å². The average Bonchev–Trinajstić information content (AvgIpc) is 2.25. The molecular weight excluding hydrogens is 278 g/mol. The van der Waals surface area contributed by atoms with Gasteiger partial charge in [-0.05, 0) is 30.9 Å². The van der Waals surface area contributed by atoms with Crippen molar-refractivity contribution < 1.29 is 26.3 Å². The van der Waals surface area contributed by atoms with Gasteiger partial charge in [0.05, 0.1) is 0 Å². The SMILES string of the molecule is CSc1ccc(C(C)(C(F)(F)F)C(F)(F)F)cc1. The van der Waals surface area contributed by atoms with Gasteiger partial charge in [0.15, 0.2) is 5.41 Å². The van der Waals surface area contributed by atoms with Crippen molar-refractivity contribution in [2.24, 2.45) is 0 Å². The molecule has 1 aromatic carbocycles. The van der Waals surface area contributed by atoms with E-state index in [1.165, 1.54) is 23.9 Å². The second-order valence-corrected chi connectivity index (χ2v) is 4.73. The molecule has 1 aromatic rings. The van der Waals surface area contributed by atoms with Crippen molar-refractivity contribution in [3.8, 4) is 0 Å². The lowest BCUT2D eigenvalue weighted by Gasteiger charge is -2.34. The van der Waals surface area contributed by atoms with Crippen molar-refractivity contribution in [1.29, 1.82) is 0 Å². The largest absolute Gasteiger partial charge is 0.406 e. The Morgan fingerprint density at radius 2 is 1.22 bits per heavy atom. The molecule has 18 heavy (non-hydrogen) atoms. The van der Waals surface area contributed by atoms with Crippen LogP contribution in [0.15, 0.2) is 29.2 Å². The number of benzene rings is 1. The first kappa shape index (κ1) is 15.2. The molecule has 0 N–H and O–H groups in total. The summed E-state index contributed by atoms with van der Waals surface area (Å²) in [4.78, 5) is 0.602. The van der Waals surface area contributed by atoms with Crippen LogP contribution in [0.3, 0.4) is 0 Å². The number of thioether (sulfide) groups is 1. The minimum absolute atomic E-state index is 0.154. The Morgan fingerprint density at radius 1 is 0.833 bits per heavy atom. The Balaban J connectivity index is 3.36. The predicted octanol–water partition coefficient (Wildman–Crippen LogP) is 4.79. The minimum Gasteiger partial charge on any atom is -0.170 e. The van der Waals surface area contributed by atoms with Crippen molar-refractivity contribution in [2.75, 3.05) is 6.26 Å². The summed E-state index contributed by atoms with van der Waals surface area (Å²) in [6.07, 6.45) is -9.11. The first-order valence-corrected chi connectivity index (χ1v) is 6.04. The number of hydrogen-bond donors (Lipinski definition) is 0. The lowest BCUT2D eigenvalue weighted by Crippen LogP contribution is -2.51. The third-order valence-corrected chi connectivity index (χ3v) is 3.54. The highest BCUT2D eigenvalue weighted by Crippen LogP contribution is 2.51. The fraction of sp³-hybridized carbons (Fsp3) is 0.455. The van der Waals surface area contributed by atoms with Gasteiger partial charge in [-0.15, -0.1) is 11.8 Å². The predicted molar refractivity (Wildman–Crippen MR) is 57.7 cm³/mol. The van der Waals surface area contributed by atoms with E-state index < -0.39 is 23.3 Å². The summed E-state index contributed by atoms with van der Waals surface area (Å²) in [6, 6.07) is 4.23. The van der Waals surface area contributed by atoms with E-state index in [4.69, 9.17) is 0 Å². The maximum Gasteiger partial charge on any atom is 0.406 e. The summed E-state index contributed by atoms with van der Waals surface area (Å²) < 4.78 is 76.5. The van der Waals surface area contributed by atoms with Crippen molar-refractivity contribution in [3.05, 3.63) is 29.8 Å². The molecule has 0 saturated carbocycles. The Bertz CT molecular complexity index is 389. The highest BCUT2D eigenvalue weighted by Gasteiger charge is 2.68. The molecule has 0 saturated heterocycles. The van der Waals surface area contributed by atoms with Gasteiger partial charge in [-0.25, -0.2) is 0 Å². The molecule has 0 aliphatic carbocycles. The van der Waals surface area contributed by atoms with Crippen LogP contribution >= 0.6 is 11.8 Å². The Kier molecular flexibility index (Phi) is 3.95. The van der Waals surface area contributed by atoms with Gasteiger partial charge in [0.2, 0.25) is 0 Å². The molecule has 0 aliphatic heterocycles. The van der Waals surface area contributed by atoms with Gasteiger partial charge in [0.1, 0.15) is 0 Å². The molecule has 7 heteroatoms. The van der Waals surface area contributed by atoms with Crippen molar-refractivity contribution in [1.82, 2.24) is 0 Å². The fourth-order valence-corrected chi connectivity index (χ4v) is 1.82. The monoisotopic (exact) mass is 288 g/mol. The highest BCUT2D eigenvalue weighted by atomic mass is 32.2. The van der Waals surface area contributed by atoms with Crippen LogP contribution in [0, 0.1) is 0 Å². The lowest BCUT2D eigenvalue weighted by atomic mass is 9.81. The van der Waals surface area contributed by atoms with Crippen LogP contribution in [0.5, 0.6) is 0 Å². The molecule has 0 aromatic heterocycles. The summed E-state index contributed by atoms with van der Waals surface area (Å²) in [7, 11) is 0. The third-order valence-electron chi connectivity index (χ3n) is 2.80. The molecule has 0 spiro atoms. The number of rotatable bonds is 2. The normalized spacial score (nSPS) is 13.8. The van der Waals surface area contributed by atoms with Gasteiger partial charge in [-0.3, -0.25) is 0 Å². The van der Waals surface area contributed by atoms with E-state index in [2.05, 4.69) is 0 Å². The summed E-state index contributed by atoms with van der Waals surface area (Å²) in [5, 5.41) is 0. The van der Waals surface area contributed by atoms with Crippen LogP contribution in [-0.2, 0) is 5.41 Å². The van der Waals surface area contributed by atoms with Crippen molar-refractivity contribution in [3.63, 3.8) is 0 Å². The summed E-state index contributed by atoms with van der Waals surface area (Å²) in [5.41, 5.74) is -4.66. The zero-order valence-electron chi connectivity index (χ0n) is 9.49. The zero-order chi connectivity index (χ0) is 14.2. The van der Waals surface area contributed by atoms with Crippen LogP contribution in [0.1, 0.15) is 12.5 Å². The number of hydrogen-bond acceptors (Lipinski definition) is 1. The van der Waals surface area contributed by atoms with Crippen LogP contribution in [0.4, 0.5) is 26.3 Å². The highest BCUT2D eigenvalue weighted by molar-refractivity contribution is 7.98. The Morgan fingerprint density at radius 3 is 1.50 bits per heavy atom. The molecule has 0 atom stereocenters. The molecule has 0 amide bonds. The quantitative estimate of drug-likeness (QED) is 0.557. The van der Waals surface area contributed by atoms with Gasteiger partial charge < -0.3 is 0 Å². The Hall–Kier alpha value is -0.850. The third kappa shape index (κ3) is 2.46. The standard InChI is InChI=1S/C11H10F6S/c1-9(10(12,13)14,11(15,16)17)7-3-5-8(18-2)6-4-7/h3-6H,1-2H3. The molecule has 0 bridgehead atoms. The molecule has 102 valence electrons. The smallest absolute Gasteiger partial charge is 0.170 e. The van der Waals surface area contributed by atoms with Crippen LogP contribution < -0.4 is 0 Å². The average molecular weight is 288 g/mol. The van der Waals surface area contributed by atoms with Gasteiger partial charge >= 0.3 is 12.4 Å². The molecule has 0 nitrogen and oxygen atoms in total. The van der Waals surface area contributed by atoms with E-state index in [1.54, 1.807) is 6.26 Å². The van der Waals surface area contributed by atoms with Gasteiger partial charge in [0.25, 0.3) is 0 Å². The molecule has 0 heterocycles. The van der Waals surface area contributed by atoms with E-state index >= 15 is 0 Å². The lowest BCUT2D eigenvalue weighted by molar-refractivity contribution is -0.297. The van der Waals surface area contributed by atoms with Crippen molar-refractivity contribution in [2.45, 2.75) is 29.6 Å². The zero-order valence-corrected chi connectivity index (χ0v) is 10.3. The van der Waals surface area contributed by atoms with E-state index in [0.29, 0.717) is 4.90 Å². The molecular formula is C11H10F6S. The fourth-order valence-electron chi connectivity index (χ4n) is 1.41. The van der Waals surface area contributed by atoms with E-state index in [-0.39, 0.29) is 6.92 Å². The number of alkyl halides is 6. The number of halogens is 6. The maximum atomic E-state index is 12.7. The van der Waals surface area contributed by atoms with Gasteiger partial charge in [-0.2, -0.15) is 26.3 Å². The first-order valence-electron chi connectivity index (χ1n) is 4.82. The molecule has 0 fully saturated rings.